The van der Waals surface area contributed by atoms with Gasteiger partial charge in [-0.2, -0.15) is 0 Å². The number of thiocarbonyl (C=S) groups is 1. The quantitative estimate of drug-likeness (QED) is 0.0594. The lowest BCUT2D eigenvalue weighted by Crippen LogP contribution is -2.71. The van der Waals surface area contributed by atoms with Crippen molar-refractivity contribution in [3.63, 3.8) is 0 Å². The predicted molar refractivity (Wildman–Crippen MR) is 194 cm³/mol. The molecule has 268 valence electrons. The van der Waals surface area contributed by atoms with Gasteiger partial charge < -0.3 is 34.8 Å². The number of nitrogens with zero attached hydrogens (tertiary/aromatic N) is 3. The number of anilines is 1. The molecule has 5 rings (SSSR count). The molecule has 0 spiro atoms. The topological polar surface area (TPSA) is 181 Å². The molecule has 14 nitrogen and oxygen atoms in total. The first-order valence-corrected chi connectivity index (χ1v) is 18.0. The van der Waals surface area contributed by atoms with Crippen LogP contribution in [0.2, 0.25) is 4.34 Å². The molecule has 3 N–H and O–H groups in total. The number of carbonyl (C=O) groups is 4. The smallest absolute Gasteiger partial charge is 0.450 e. The number of hydrogen-bond donors (Lipinski definition) is 2. The minimum atomic E-state index is -1.09. The number of rotatable bonds is 13. The highest BCUT2D eigenvalue weighted by Gasteiger charge is 2.53. The fourth-order valence-corrected chi connectivity index (χ4v) is 7.67. The molecule has 2 aliphatic heterocycles. The lowest BCUT2D eigenvalue weighted by Gasteiger charge is -2.50. The van der Waals surface area contributed by atoms with E-state index in [4.69, 9.17) is 53.3 Å². The average Bonchev–Trinajstić information content (AvgIpc) is 3.45. The van der Waals surface area contributed by atoms with Crippen molar-refractivity contribution >= 4 is 86.8 Å². The molecular weight excluding hydrogens is 742 g/mol. The summed E-state index contributed by atoms with van der Waals surface area (Å²) >= 11 is 14.1. The lowest BCUT2D eigenvalue weighted by atomic mass is 10.0. The Bertz CT molecular complexity index is 1820. The van der Waals surface area contributed by atoms with Crippen LogP contribution < -0.4 is 11.1 Å². The molecule has 3 atom stereocenters. The standard InChI is InChI=1S/C33H32ClN5O9S3/c1-4-44-33(43)47-18(3)46-31(49)25-17(2)16-50-30-24(29(42)39(25)30)36-28(41)23(22-27(34)51-32(35)37-22)38-45-15-21(40)48-26(19-11-7-5-8-12-19)20-13-9-6-10-14-20/h5-14,18,24,26,30H,4,15-16H2,1-3H3,(H2,35,37)(H,36,41)/t18?,24?,30-/m1/s1. The molecule has 2 aliphatic rings. The van der Waals surface area contributed by atoms with Crippen LogP contribution in [0.3, 0.4) is 0 Å². The van der Waals surface area contributed by atoms with Gasteiger partial charge in [-0.15, -0.1) is 11.8 Å². The van der Waals surface area contributed by atoms with E-state index in [0.717, 1.165) is 28.0 Å². The maximum absolute atomic E-state index is 13.7. The summed E-state index contributed by atoms with van der Waals surface area (Å²) in [5, 5.41) is 5.98. The fourth-order valence-electron chi connectivity index (χ4n) is 5.04. The SMILES string of the molecule is CCOC(=O)OC(C)OC(=S)C1=C(C)CS[C@@H]2C(NC(=O)C(=NOCC(=O)OC(c3ccccc3)c3ccccc3)c3nc(N)sc3Cl)C(=O)N12. The Morgan fingerprint density at radius 2 is 1.75 bits per heavy atom. The number of hydrogen-bond acceptors (Lipinski definition) is 15. The second-order valence-electron chi connectivity index (χ2n) is 10.8. The highest BCUT2D eigenvalue weighted by molar-refractivity contribution is 8.00. The third-order valence-corrected chi connectivity index (χ3v) is 10.1. The summed E-state index contributed by atoms with van der Waals surface area (Å²) in [5.41, 5.74) is 7.88. The van der Waals surface area contributed by atoms with Gasteiger partial charge in [0.05, 0.1) is 12.3 Å². The van der Waals surface area contributed by atoms with E-state index in [1.54, 1.807) is 13.8 Å². The molecule has 3 aromatic rings. The van der Waals surface area contributed by atoms with Gasteiger partial charge in [-0.25, -0.2) is 14.6 Å². The van der Waals surface area contributed by atoms with Crippen LogP contribution in [-0.4, -0.2) is 81.3 Å². The molecule has 0 radical (unpaired) electrons. The zero-order valence-electron chi connectivity index (χ0n) is 27.4. The average molecular weight is 774 g/mol. The van der Waals surface area contributed by atoms with Crippen LogP contribution in [-0.2, 0) is 38.2 Å². The molecule has 1 aromatic heterocycles. The van der Waals surface area contributed by atoms with Crippen LogP contribution in [0, 0.1) is 0 Å². The van der Waals surface area contributed by atoms with Crippen molar-refractivity contribution in [3.05, 3.63) is 93.1 Å². The van der Waals surface area contributed by atoms with E-state index in [1.807, 2.05) is 60.7 Å². The molecule has 0 aliphatic carbocycles. The normalized spacial score (nSPS) is 17.5. The number of nitrogens with one attached hydrogen (secondary N) is 1. The highest BCUT2D eigenvalue weighted by Crippen LogP contribution is 2.41. The van der Waals surface area contributed by atoms with E-state index in [9.17, 15) is 19.2 Å². The first-order chi connectivity index (χ1) is 24.5. The highest BCUT2D eigenvalue weighted by atomic mass is 35.5. The molecule has 1 fully saturated rings. The van der Waals surface area contributed by atoms with Gasteiger partial charge in [0.15, 0.2) is 16.9 Å². The first kappa shape index (κ1) is 37.5. The fraction of sp³-hybridized carbons (Fsp3) is 0.303. The molecule has 2 unspecified atom stereocenters. The molecule has 0 bridgehead atoms. The number of aromatic nitrogens is 1. The molecule has 3 heterocycles. The number of benzene rings is 2. The summed E-state index contributed by atoms with van der Waals surface area (Å²) < 4.78 is 21.2. The predicted octanol–water partition coefficient (Wildman–Crippen LogP) is 4.97. The Morgan fingerprint density at radius 1 is 1.10 bits per heavy atom. The molecule has 2 amide bonds. The number of carbonyl (C=O) groups excluding carboxylic acids is 4. The largest absolute Gasteiger partial charge is 0.511 e. The van der Waals surface area contributed by atoms with Gasteiger partial charge in [-0.1, -0.05) is 88.8 Å². The van der Waals surface area contributed by atoms with E-state index in [1.165, 1.54) is 23.6 Å². The number of β-lactam (4-membered cyclic amide) rings is 1. The van der Waals surface area contributed by atoms with Crippen molar-refractivity contribution < 1.29 is 43.0 Å². The van der Waals surface area contributed by atoms with E-state index >= 15 is 0 Å². The van der Waals surface area contributed by atoms with Crippen LogP contribution in [0.4, 0.5) is 9.93 Å². The van der Waals surface area contributed by atoms with Gasteiger partial charge >= 0.3 is 12.1 Å². The Morgan fingerprint density at radius 3 is 2.33 bits per heavy atom. The molecule has 1 saturated heterocycles. The third-order valence-electron chi connectivity index (χ3n) is 7.27. The zero-order valence-corrected chi connectivity index (χ0v) is 30.6. The van der Waals surface area contributed by atoms with Crippen LogP contribution in [0.1, 0.15) is 43.7 Å². The summed E-state index contributed by atoms with van der Waals surface area (Å²) in [7, 11) is 0. The number of thioether (sulfide) groups is 1. The van der Waals surface area contributed by atoms with Crippen molar-refractivity contribution in [2.45, 2.75) is 44.6 Å². The van der Waals surface area contributed by atoms with Gasteiger partial charge in [0.2, 0.25) is 17.9 Å². The number of nitrogens with two attached hydrogens (primary N) is 1. The van der Waals surface area contributed by atoms with Gasteiger partial charge in [-0.05, 0) is 42.8 Å². The summed E-state index contributed by atoms with van der Waals surface area (Å²) in [5.74, 6) is -1.65. The molecule has 51 heavy (non-hydrogen) atoms. The van der Waals surface area contributed by atoms with Crippen molar-refractivity contribution in [3.8, 4) is 0 Å². The minimum absolute atomic E-state index is 0.0388. The first-order valence-electron chi connectivity index (χ1n) is 15.4. The molecular formula is C33H32ClN5O9S3. The Hall–Kier alpha value is -4.71. The Labute approximate surface area is 311 Å². The van der Waals surface area contributed by atoms with E-state index < -0.39 is 60.1 Å². The van der Waals surface area contributed by atoms with E-state index in [0.29, 0.717) is 11.4 Å². The van der Waals surface area contributed by atoms with Gasteiger partial charge in [0.1, 0.15) is 21.4 Å². The number of nitrogen functional groups attached to an aromatic ring is 1. The number of thiazole rings is 1. The second-order valence-corrected chi connectivity index (χ2v) is 14.0. The van der Waals surface area contributed by atoms with Crippen molar-refractivity contribution in [2.24, 2.45) is 5.16 Å². The number of esters is 1. The maximum Gasteiger partial charge on any atom is 0.511 e. The van der Waals surface area contributed by atoms with E-state index in [-0.39, 0.29) is 26.8 Å². The monoisotopic (exact) mass is 773 g/mol. The molecule has 18 heteroatoms. The second kappa shape index (κ2) is 17.0. The number of ether oxygens (including phenoxy) is 4. The van der Waals surface area contributed by atoms with Crippen molar-refractivity contribution in [1.82, 2.24) is 15.2 Å². The Balaban J connectivity index is 1.27. The van der Waals surface area contributed by atoms with Gasteiger partial charge in [-0.3, -0.25) is 14.5 Å². The van der Waals surface area contributed by atoms with Crippen molar-refractivity contribution in [1.29, 1.82) is 0 Å². The summed E-state index contributed by atoms with van der Waals surface area (Å²) in [4.78, 5) is 62.6. The molecule has 2 aromatic carbocycles. The number of amides is 2. The van der Waals surface area contributed by atoms with Crippen LogP contribution in [0.15, 0.2) is 77.1 Å². The third kappa shape index (κ3) is 8.97. The molecule has 0 saturated carbocycles. The van der Waals surface area contributed by atoms with Crippen molar-refractivity contribution in [2.75, 3.05) is 24.7 Å². The van der Waals surface area contributed by atoms with Crippen LogP contribution in [0.25, 0.3) is 0 Å². The Kier molecular flexibility index (Phi) is 12.5. The number of fused-ring (bicyclic) bond motifs is 1. The lowest BCUT2D eigenvalue weighted by molar-refractivity contribution is -0.153. The van der Waals surface area contributed by atoms with Gasteiger partial charge in [0, 0.05) is 12.7 Å². The van der Waals surface area contributed by atoms with E-state index in [2.05, 4.69) is 15.5 Å². The van der Waals surface area contributed by atoms with Gasteiger partial charge in [0.25, 0.3) is 11.8 Å². The minimum Gasteiger partial charge on any atom is -0.450 e. The number of halogens is 1. The number of oxime groups is 1. The maximum atomic E-state index is 13.7. The zero-order chi connectivity index (χ0) is 36.7. The summed E-state index contributed by atoms with van der Waals surface area (Å²) in [6.45, 7) is 4.32. The van der Waals surface area contributed by atoms with Crippen LogP contribution >= 0.6 is 46.9 Å². The summed E-state index contributed by atoms with van der Waals surface area (Å²) in [6, 6.07) is 17.3. The summed E-state index contributed by atoms with van der Waals surface area (Å²) in [6.07, 6.45) is -2.74. The van der Waals surface area contributed by atoms with Crippen LogP contribution in [0.5, 0.6) is 0 Å².